The summed E-state index contributed by atoms with van der Waals surface area (Å²) in [4.78, 5) is 16.6. The van der Waals surface area contributed by atoms with Crippen LogP contribution in [0.4, 0.5) is 0 Å². The standard InChI is InChI=1S/C15H18N2O2/c1-10-11(2)17(9-16-10)12(3)15(18)13-5-7-14(19-4)8-6-13/h5-9,12H,1-4H3. The smallest absolute Gasteiger partial charge is 0.185 e. The first-order valence-corrected chi connectivity index (χ1v) is 6.23. The van der Waals surface area contributed by atoms with Gasteiger partial charge in [-0.1, -0.05) is 0 Å². The van der Waals surface area contributed by atoms with Crippen molar-refractivity contribution in [2.24, 2.45) is 0 Å². The van der Waals surface area contributed by atoms with Crippen LogP contribution in [0.25, 0.3) is 0 Å². The first-order valence-electron chi connectivity index (χ1n) is 6.23. The molecule has 1 aromatic carbocycles. The van der Waals surface area contributed by atoms with Crippen molar-refractivity contribution in [2.45, 2.75) is 26.8 Å². The number of Topliss-reactive ketones (excluding diaryl/α,β-unsaturated/α-hetero) is 1. The van der Waals surface area contributed by atoms with Gasteiger partial charge in [-0.05, 0) is 45.0 Å². The molecule has 0 fully saturated rings. The van der Waals surface area contributed by atoms with Crippen molar-refractivity contribution >= 4 is 5.78 Å². The van der Waals surface area contributed by atoms with Gasteiger partial charge in [0.25, 0.3) is 0 Å². The van der Waals surface area contributed by atoms with Gasteiger partial charge in [-0.25, -0.2) is 4.98 Å². The lowest BCUT2D eigenvalue weighted by Gasteiger charge is -2.14. The van der Waals surface area contributed by atoms with Gasteiger partial charge >= 0.3 is 0 Å². The van der Waals surface area contributed by atoms with Gasteiger partial charge in [-0.3, -0.25) is 4.79 Å². The Labute approximate surface area is 113 Å². The van der Waals surface area contributed by atoms with Gasteiger partial charge in [0.1, 0.15) is 5.75 Å². The zero-order chi connectivity index (χ0) is 14.0. The minimum absolute atomic E-state index is 0.0724. The molecule has 0 radical (unpaired) electrons. The summed E-state index contributed by atoms with van der Waals surface area (Å²) < 4.78 is 6.99. The van der Waals surface area contributed by atoms with E-state index >= 15 is 0 Å². The number of methoxy groups -OCH3 is 1. The molecule has 1 aromatic heterocycles. The Balaban J connectivity index is 2.25. The van der Waals surface area contributed by atoms with Crippen molar-refractivity contribution in [2.75, 3.05) is 7.11 Å². The van der Waals surface area contributed by atoms with E-state index in [1.165, 1.54) is 0 Å². The topological polar surface area (TPSA) is 44.1 Å². The molecular formula is C15H18N2O2. The molecule has 0 N–H and O–H groups in total. The van der Waals surface area contributed by atoms with E-state index in [-0.39, 0.29) is 11.8 Å². The van der Waals surface area contributed by atoms with Gasteiger partial charge in [-0.15, -0.1) is 0 Å². The Morgan fingerprint density at radius 2 is 1.89 bits per heavy atom. The second-order valence-electron chi connectivity index (χ2n) is 4.59. The van der Waals surface area contributed by atoms with Gasteiger partial charge in [0.2, 0.25) is 0 Å². The van der Waals surface area contributed by atoms with E-state index in [2.05, 4.69) is 4.98 Å². The molecule has 1 unspecified atom stereocenters. The molecule has 0 bridgehead atoms. The van der Waals surface area contributed by atoms with Gasteiger partial charge < -0.3 is 9.30 Å². The van der Waals surface area contributed by atoms with Gasteiger partial charge in [0.05, 0.1) is 25.2 Å². The Bertz CT molecular complexity index is 585. The normalized spacial score (nSPS) is 12.2. The first kappa shape index (κ1) is 13.3. The second-order valence-corrected chi connectivity index (χ2v) is 4.59. The Kier molecular flexibility index (Phi) is 3.69. The third-order valence-electron chi connectivity index (χ3n) is 3.46. The zero-order valence-corrected chi connectivity index (χ0v) is 11.7. The molecule has 100 valence electrons. The van der Waals surface area contributed by atoms with E-state index in [0.29, 0.717) is 5.56 Å². The fourth-order valence-electron chi connectivity index (χ4n) is 2.03. The van der Waals surface area contributed by atoms with E-state index in [9.17, 15) is 4.79 Å². The summed E-state index contributed by atoms with van der Waals surface area (Å²) in [5, 5.41) is 0. The molecule has 0 saturated heterocycles. The van der Waals surface area contributed by atoms with Crippen LogP contribution in [-0.4, -0.2) is 22.4 Å². The number of benzene rings is 1. The minimum Gasteiger partial charge on any atom is -0.497 e. The Hall–Kier alpha value is -2.10. The average molecular weight is 258 g/mol. The van der Waals surface area contributed by atoms with Crippen molar-refractivity contribution in [3.63, 3.8) is 0 Å². The molecule has 19 heavy (non-hydrogen) atoms. The highest BCUT2D eigenvalue weighted by Gasteiger charge is 2.19. The zero-order valence-electron chi connectivity index (χ0n) is 11.7. The highest BCUT2D eigenvalue weighted by Crippen LogP contribution is 2.19. The molecule has 1 heterocycles. The van der Waals surface area contributed by atoms with Crippen LogP contribution in [0.1, 0.15) is 34.7 Å². The minimum atomic E-state index is -0.255. The molecule has 0 aliphatic rings. The van der Waals surface area contributed by atoms with Crippen LogP contribution in [0.5, 0.6) is 5.75 Å². The number of rotatable bonds is 4. The molecule has 0 aliphatic carbocycles. The molecule has 0 amide bonds. The summed E-state index contributed by atoms with van der Waals surface area (Å²) in [6, 6.07) is 6.92. The lowest BCUT2D eigenvalue weighted by molar-refractivity contribution is 0.0933. The summed E-state index contributed by atoms with van der Waals surface area (Å²) in [5.74, 6) is 0.821. The average Bonchev–Trinajstić information content (AvgIpc) is 2.77. The fraction of sp³-hybridized carbons (Fsp3) is 0.333. The van der Waals surface area contributed by atoms with Crippen LogP contribution in [0.3, 0.4) is 0 Å². The van der Waals surface area contributed by atoms with Crippen LogP contribution >= 0.6 is 0 Å². The predicted molar refractivity (Wildman–Crippen MR) is 73.7 cm³/mol. The van der Waals surface area contributed by atoms with Crippen molar-refractivity contribution in [3.8, 4) is 5.75 Å². The SMILES string of the molecule is COc1ccc(C(=O)C(C)n2cnc(C)c2C)cc1. The van der Waals surface area contributed by atoms with E-state index in [0.717, 1.165) is 17.1 Å². The highest BCUT2D eigenvalue weighted by atomic mass is 16.5. The number of aromatic nitrogens is 2. The summed E-state index contributed by atoms with van der Waals surface area (Å²) >= 11 is 0. The maximum atomic E-state index is 12.4. The predicted octanol–water partition coefficient (Wildman–Crippen LogP) is 2.95. The van der Waals surface area contributed by atoms with Crippen molar-refractivity contribution in [3.05, 3.63) is 47.5 Å². The monoisotopic (exact) mass is 258 g/mol. The number of ketones is 1. The molecule has 4 heteroatoms. The number of ether oxygens (including phenoxy) is 1. The Morgan fingerprint density at radius 1 is 1.26 bits per heavy atom. The fourth-order valence-corrected chi connectivity index (χ4v) is 2.03. The maximum absolute atomic E-state index is 12.4. The number of carbonyl (C=O) groups is 1. The quantitative estimate of drug-likeness (QED) is 0.792. The summed E-state index contributed by atoms with van der Waals surface area (Å²) in [5.41, 5.74) is 2.66. The Morgan fingerprint density at radius 3 is 2.37 bits per heavy atom. The van der Waals surface area contributed by atoms with Crippen LogP contribution in [0, 0.1) is 13.8 Å². The van der Waals surface area contributed by atoms with Crippen molar-refractivity contribution in [1.82, 2.24) is 9.55 Å². The van der Waals surface area contributed by atoms with Crippen LogP contribution < -0.4 is 4.74 Å². The number of nitrogens with zero attached hydrogens (tertiary/aromatic N) is 2. The molecule has 1 atom stereocenters. The lowest BCUT2D eigenvalue weighted by Crippen LogP contribution is -2.17. The van der Waals surface area contributed by atoms with Gasteiger partial charge in [0.15, 0.2) is 5.78 Å². The summed E-state index contributed by atoms with van der Waals surface area (Å²) in [7, 11) is 1.61. The van der Waals surface area contributed by atoms with Crippen LogP contribution in [0.2, 0.25) is 0 Å². The molecule has 0 saturated carbocycles. The second kappa shape index (κ2) is 5.26. The number of carbonyl (C=O) groups excluding carboxylic acids is 1. The number of imidazole rings is 1. The number of aryl methyl sites for hydroxylation is 1. The van der Waals surface area contributed by atoms with Crippen molar-refractivity contribution < 1.29 is 9.53 Å². The van der Waals surface area contributed by atoms with E-state index in [1.807, 2.05) is 25.3 Å². The largest absolute Gasteiger partial charge is 0.497 e. The number of hydrogen-bond donors (Lipinski definition) is 0. The van der Waals surface area contributed by atoms with E-state index in [4.69, 9.17) is 4.74 Å². The van der Waals surface area contributed by atoms with Gasteiger partial charge in [0, 0.05) is 11.3 Å². The van der Waals surface area contributed by atoms with Crippen LogP contribution in [0.15, 0.2) is 30.6 Å². The molecule has 2 rings (SSSR count). The number of hydrogen-bond acceptors (Lipinski definition) is 3. The van der Waals surface area contributed by atoms with E-state index < -0.39 is 0 Å². The molecule has 2 aromatic rings. The molecule has 0 spiro atoms. The highest BCUT2D eigenvalue weighted by molar-refractivity contribution is 5.98. The maximum Gasteiger partial charge on any atom is 0.185 e. The lowest BCUT2D eigenvalue weighted by atomic mass is 10.0. The van der Waals surface area contributed by atoms with Crippen molar-refractivity contribution in [1.29, 1.82) is 0 Å². The summed E-state index contributed by atoms with van der Waals surface area (Å²) in [6.45, 7) is 5.80. The molecular weight excluding hydrogens is 240 g/mol. The van der Waals surface area contributed by atoms with Gasteiger partial charge in [-0.2, -0.15) is 0 Å². The summed E-state index contributed by atoms with van der Waals surface area (Å²) in [6.07, 6.45) is 1.72. The first-order chi connectivity index (χ1) is 9.04. The third-order valence-corrected chi connectivity index (χ3v) is 3.46. The molecule has 4 nitrogen and oxygen atoms in total. The third kappa shape index (κ3) is 2.52. The van der Waals surface area contributed by atoms with E-state index in [1.54, 1.807) is 37.7 Å². The van der Waals surface area contributed by atoms with Crippen LogP contribution in [-0.2, 0) is 0 Å². The molecule has 0 aliphatic heterocycles.